The lowest BCUT2D eigenvalue weighted by Crippen LogP contribution is -2.48. The number of nitrogens with zero attached hydrogens (tertiary/aromatic N) is 1. The molecule has 3 aromatic rings. The zero-order valence-electron chi connectivity index (χ0n) is 24.4. The molecule has 1 atom stereocenters. The molecule has 1 N–H and O–H groups in total. The molecule has 3 aromatic carbocycles. The van der Waals surface area contributed by atoms with Gasteiger partial charge in [0.2, 0.25) is 0 Å². The predicted octanol–water partition coefficient (Wildman–Crippen LogP) is 6.37. The molecular weight excluding hydrogens is 512 g/mol. The van der Waals surface area contributed by atoms with Crippen LogP contribution >= 0.6 is 0 Å². The van der Waals surface area contributed by atoms with Crippen molar-refractivity contribution < 1.29 is 19.0 Å². The van der Waals surface area contributed by atoms with E-state index in [1.54, 1.807) is 7.11 Å². The summed E-state index contributed by atoms with van der Waals surface area (Å²) in [7, 11) is 1.65. The lowest BCUT2D eigenvalue weighted by Gasteiger charge is -2.57. The Morgan fingerprint density at radius 3 is 2.22 bits per heavy atom. The number of ether oxygens (including phenoxy) is 3. The molecule has 1 unspecified atom stereocenters. The molecular formula is C35H42N2O4. The highest BCUT2D eigenvalue weighted by Crippen LogP contribution is 2.62. The van der Waals surface area contributed by atoms with E-state index in [9.17, 15) is 4.79 Å². The van der Waals surface area contributed by atoms with Gasteiger partial charge >= 0.3 is 0 Å². The second-order valence-electron chi connectivity index (χ2n) is 13.0. The molecule has 4 saturated carbocycles. The zero-order chi connectivity index (χ0) is 28.0. The topological polar surface area (TPSA) is 60.0 Å². The fraction of sp³-hybridized carbons (Fsp3) is 0.514. The van der Waals surface area contributed by atoms with E-state index in [2.05, 4.69) is 47.8 Å². The van der Waals surface area contributed by atoms with Gasteiger partial charge in [0.1, 0.15) is 5.75 Å². The Morgan fingerprint density at radius 2 is 1.56 bits per heavy atom. The SMILES string of the molecule is COC(C)OCOc1cc2ccc(-c3ccc(C(=O)N4CCNCC4)cc3)cc2cc1C12CC3CC(CC(C3)C1)C2. The van der Waals surface area contributed by atoms with Gasteiger partial charge in [0.05, 0.1) is 0 Å². The summed E-state index contributed by atoms with van der Waals surface area (Å²) in [5.41, 5.74) is 4.62. The fourth-order valence-corrected chi connectivity index (χ4v) is 8.55. The molecule has 6 nitrogen and oxygen atoms in total. The zero-order valence-corrected chi connectivity index (χ0v) is 24.4. The van der Waals surface area contributed by atoms with Crippen LogP contribution in [0.15, 0.2) is 54.6 Å². The van der Waals surface area contributed by atoms with Crippen LogP contribution in [0.1, 0.15) is 61.4 Å². The van der Waals surface area contributed by atoms with Crippen molar-refractivity contribution in [3.05, 3.63) is 65.7 Å². The Kier molecular flexibility index (Phi) is 7.26. The molecule has 41 heavy (non-hydrogen) atoms. The standard InChI is InChI=1S/C35H42N2O4/c1-23(39-2)40-22-41-33-18-30-8-7-29(27-3-5-28(6-4-27)34(38)37-11-9-36-10-12-37)16-31(30)17-32(33)35-19-24-13-25(20-35)15-26(14-24)21-35/h3-8,16-18,23-26,36H,9-15,19-22H2,1-2H3. The molecule has 1 aliphatic heterocycles. The van der Waals surface area contributed by atoms with Gasteiger partial charge in [-0.3, -0.25) is 4.79 Å². The first kappa shape index (κ1) is 26.9. The van der Waals surface area contributed by atoms with Gasteiger partial charge in [-0.15, -0.1) is 0 Å². The van der Waals surface area contributed by atoms with Crippen molar-refractivity contribution in [1.29, 1.82) is 0 Å². The van der Waals surface area contributed by atoms with Gasteiger partial charge < -0.3 is 24.4 Å². The van der Waals surface area contributed by atoms with Crippen molar-refractivity contribution >= 4 is 16.7 Å². The number of amides is 1. The van der Waals surface area contributed by atoms with Crippen LogP contribution in [0, 0.1) is 17.8 Å². The summed E-state index contributed by atoms with van der Waals surface area (Å²) in [6, 6.07) is 19.4. The summed E-state index contributed by atoms with van der Waals surface area (Å²) in [6.07, 6.45) is 7.76. The third-order valence-corrected chi connectivity index (χ3v) is 10.3. The van der Waals surface area contributed by atoms with Crippen LogP contribution in [0.25, 0.3) is 21.9 Å². The van der Waals surface area contributed by atoms with Crippen LogP contribution in [0.5, 0.6) is 5.75 Å². The molecule has 0 spiro atoms. The highest BCUT2D eigenvalue weighted by atomic mass is 16.7. The van der Waals surface area contributed by atoms with Crippen LogP contribution in [-0.2, 0) is 14.9 Å². The monoisotopic (exact) mass is 554 g/mol. The molecule has 4 aliphatic carbocycles. The molecule has 1 heterocycles. The number of nitrogens with one attached hydrogen (secondary N) is 1. The second kappa shape index (κ2) is 11.0. The quantitative estimate of drug-likeness (QED) is 0.328. The number of carbonyl (C=O) groups excluding carboxylic acids is 1. The van der Waals surface area contributed by atoms with E-state index in [0.717, 1.165) is 60.8 Å². The van der Waals surface area contributed by atoms with Crippen LogP contribution in [0.2, 0.25) is 0 Å². The maximum Gasteiger partial charge on any atom is 0.253 e. The number of rotatable bonds is 8. The number of hydrogen-bond donors (Lipinski definition) is 1. The van der Waals surface area contributed by atoms with Gasteiger partial charge in [-0.25, -0.2) is 0 Å². The number of fused-ring (bicyclic) bond motifs is 1. The Labute approximate surface area is 243 Å². The van der Waals surface area contributed by atoms with Gasteiger partial charge in [-0.1, -0.05) is 24.3 Å². The molecule has 8 rings (SSSR count). The maximum atomic E-state index is 13.0. The Morgan fingerprint density at radius 1 is 0.902 bits per heavy atom. The summed E-state index contributed by atoms with van der Waals surface area (Å²) >= 11 is 0. The van der Waals surface area contributed by atoms with Gasteiger partial charge in [-0.05, 0) is 121 Å². The van der Waals surface area contributed by atoms with Gasteiger partial charge in [0, 0.05) is 44.4 Å². The first-order valence-electron chi connectivity index (χ1n) is 15.5. The highest BCUT2D eigenvalue weighted by molar-refractivity contribution is 5.95. The van der Waals surface area contributed by atoms with Crippen LogP contribution in [0.3, 0.4) is 0 Å². The Bertz CT molecular complexity index is 1380. The summed E-state index contributed by atoms with van der Waals surface area (Å²) in [4.78, 5) is 14.9. The average Bonchev–Trinajstić information content (AvgIpc) is 3.00. The van der Waals surface area contributed by atoms with E-state index < -0.39 is 0 Å². The number of benzene rings is 3. The highest BCUT2D eigenvalue weighted by Gasteiger charge is 2.52. The maximum absolute atomic E-state index is 13.0. The Hall–Kier alpha value is -2.93. The second-order valence-corrected chi connectivity index (χ2v) is 13.0. The predicted molar refractivity (Wildman–Crippen MR) is 161 cm³/mol. The third-order valence-electron chi connectivity index (χ3n) is 10.3. The molecule has 1 saturated heterocycles. The molecule has 1 amide bonds. The number of piperazine rings is 1. The average molecular weight is 555 g/mol. The van der Waals surface area contributed by atoms with Crippen molar-refractivity contribution in [3.63, 3.8) is 0 Å². The van der Waals surface area contributed by atoms with Crippen molar-refractivity contribution in [2.45, 2.75) is 57.2 Å². The number of methoxy groups -OCH3 is 1. The van der Waals surface area contributed by atoms with E-state index in [4.69, 9.17) is 14.2 Å². The van der Waals surface area contributed by atoms with Gasteiger partial charge in [0.15, 0.2) is 13.1 Å². The molecule has 0 aromatic heterocycles. The lowest BCUT2D eigenvalue weighted by atomic mass is 9.48. The van der Waals surface area contributed by atoms with E-state index in [1.165, 1.54) is 60.4 Å². The van der Waals surface area contributed by atoms with E-state index in [1.807, 2.05) is 24.0 Å². The third kappa shape index (κ3) is 5.26. The molecule has 5 aliphatic rings. The minimum Gasteiger partial charge on any atom is -0.467 e. The van der Waals surface area contributed by atoms with Crippen LogP contribution < -0.4 is 10.1 Å². The molecule has 6 heteroatoms. The normalized spacial score (nSPS) is 27.8. The van der Waals surface area contributed by atoms with Crippen molar-refractivity contribution in [2.75, 3.05) is 40.1 Å². The van der Waals surface area contributed by atoms with Gasteiger partial charge in [-0.2, -0.15) is 0 Å². The van der Waals surface area contributed by atoms with E-state index >= 15 is 0 Å². The summed E-state index contributed by atoms with van der Waals surface area (Å²) < 4.78 is 17.4. The first-order valence-corrected chi connectivity index (χ1v) is 15.5. The molecule has 4 bridgehead atoms. The fourth-order valence-electron chi connectivity index (χ4n) is 8.55. The first-order chi connectivity index (χ1) is 20.0. The molecule has 5 fully saturated rings. The van der Waals surface area contributed by atoms with Gasteiger partial charge in [0.25, 0.3) is 5.91 Å². The smallest absolute Gasteiger partial charge is 0.253 e. The summed E-state index contributed by atoms with van der Waals surface area (Å²) in [5.74, 6) is 3.63. The lowest BCUT2D eigenvalue weighted by molar-refractivity contribution is -0.150. The minimum absolute atomic E-state index is 0.119. The summed E-state index contributed by atoms with van der Waals surface area (Å²) in [5, 5.41) is 5.73. The number of carbonyl (C=O) groups is 1. The van der Waals surface area contributed by atoms with Crippen LogP contribution in [-0.4, -0.2) is 57.2 Å². The van der Waals surface area contributed by atoms with E-state index in [-0.39, 0.29) is 24.4 Å². The summed E-state index contributed by atoms with van der Waals surface area (Å²) in [6.45, 7) is 5.31. The number of hydrogen-bond acceptors (Lipinski definition) is 5. The Balaban J connectivity index is 1.20. The van der Waals surface area contributed by atoms with Crippen molar-refractivity contribution in [1.82, 2.24) is 10.2 Å². The largest absolute Gasteiger partial charge is 0.467 e. The van der Waals surface area contributed by atoms with Crippen molar-refractivity contribution in [3.8, 4) is 16.9 Å². The van der Waals surface area contributed by atoms with E-state index in [0.29, 0.717) is 0 Å². The molecule has 0 radical (unpaired) electrons. The van der Waals surface area contributed by atoms with Crippen molar-refractivity contribution in [2.24, 2.45) is 17.8 Å². The minimum atomic E-state index is -0.306. The molecule has 216 valence electrons. The van der Waals surface area contributed by atoms with Crippen LogP contribution in [0.4, 0.5) is 0 Å².